The molecule has 0 amide bonds. The van der Waals surface area contributed by atoms with Crippen LogP contribution in [-0.4, -0.2) is 6.04 Å². The molecular weight excluding hydrogens is 270 g/mol. The van der Waals surface area contributed by atoms with Crippen molar-refractivity contribution in [3.63, 3.8) is 0 Å². The van der Waals surface area contributed by atoms with Crippen LogP contribution in [0.2, 0.25) is 0 Å². The van der Waals surface area contributed by atoms with Gasteiger partial charge in [-0.05, 0) is 41.7 Å². The fourth-order valence-corrected chi connectivity index (χ4v) is 4.24. The molecule has 1 nitrogen and oxygen atoms in total. The largest absolute Gasteiger partial charge is 0.302 e. The molecule has 3 heteroatoms. The summed E-state index contributed by atoms with van der Waals surface area (Å²) < 4.78 is 0. The topological polar surface area (TPSA) is 12.0 Å². The third-order valence-electron chi connectivity index (χ3n) is 3.87. The minimum Gasteiger partial charge on any atom is -0.302 e. The van der Waals surface area contributed by atoms with Gasteiger partial charge in [0.15, 0.2) is 0 Å². The molecule has 19 heavy (non-hydrogen) atoms. The van der Waals surface area contributed by atoms with Crippen LogP contribution in [0.15, 0.2) is 35.0 Å². The Morgan fingerprint density at radius 2 is 1.79 bits per heavy atom. The first kappa shape index (κ1) is 13.3. The molecule has 1 aliphatic carbocycles. The minimum atomic E-state index is 0.392. The van der Waals surface area contributed by atoms with Crippen LogP contribution in [0.1, 0.15) is 48.4 Å². The maximum absolute atomic E-state index is 3.90. The van der Waals surface area contributed by atoms with Crippen LogP contribution in [0, 0.1) is 5.92 Å². The van der Waals surface area contributed by atoms with Gasteiger partial charge in [-0.25, -0.2) is 0 Å². The molecule has 1 atom stereocenters. The Labute approximate surface area is 123 Å². The number of hydrogen-bond acceptors (Lipinski definition) is 3. The summed E-state index contributed by atoms with van der Waals surface area (Å²) in [6, 6.07) is 9.87. The first-order valence-corrected chi connectivity index (χ1v) is 8.95. The summed E-state index contributed by atoms with van der Waals surface area (Å²) in [4.78, 5) is 2.88. The molecule has 0 bridgehead atoms. The quantitative estimate of drug-likeness (QED) is 0.751. The Bertz CT molecular complexity index is 437. The molecule has 3 rings (SSSR count). The van der Waals surface area contributed by atoms with Crippen LogP contribution in [0.4, 0.5) is 0 Å². The summed E-state index contributed by atoms with van der Waals surface area (Å²) in [5.74, 6) is 0.991. The summed E-state index contributed by atoms with van der Waals surface area (Å²) in [5.41, 5.74) is 0. The highest BCUT2D eigenvalue weighted by Gasteiger charge is 2.27. The van der Waals surface area contributed by atoms with Gasteiger partial charge in [0.2, 0.25) is 0 Å². The van der Waals surface area contributed by atoms with E-state index in [0.29, 0.717) is 12.1 Å². The average molecular weight is 291 g/mol. The molecule has 1 aliphatic rings. The Morgan fingerprint density at radius 3 is 2.21 bits per heavy atom. The van der Waals surface area contributed by atoms with Crippen molar-refractivity contribution >= 4 is 22.7 Å². The van der Waals surface area contributed by atoms with Crippen molar-refractivity contribution in [1.29, 1.82) is 0 Å². The second-order valence-electron chi connectivity index (χ2n) is 5.41. The Balaban J connectivity index is 1.75. The highest BCUT2D eigenvalue weighted by atomic mass is 32.1. The molecule has 0 spiro atoms. The third kappa shape index (κ3) is 3.47. The van der Waals surface area contributed by atoms with Crippen molar-refractivity contribution in [2.45, 2.75) is 44.7 Å². The molecule has 0 radical (unpaired) electrons. The molecule has 2 aromatic rings. The van der Waals surface area contributed by atoms with Crippen molar-refractivity contribution in [1.82, 2.24) is 5.32 Å². The molecule has 2 heterocycles. The SMILES string of the molecule is CCC(CC1CC1)NC(c1cccs1)c1cccs1. The summed E-state index contributed by atoms with van der Waals surface area (Å²) in [7, 11) is 0. The predicted molar refractivity (Wildman–Crippen MR) is 85.0 cm³/mol. The fourth-order valence-electron chi connectivity index (χ4n) is 2.56. The molecule has 1 fully saturated rings. The van der Waals surface area contributed by atoms with Crippen molar-refractivity contribution < 1.29 is 0 Å². The van der Waals surface area contributed by atoms with Gasteiger partial charge in [0.05, 0.1) is 6.04 Å². The second kappa shape index (κ2) is 6.21. The Morgan fingerprint density at radius 1 is 1.16 bits per heavy atom. The van der Waals surface area contributed by atoms with Crippen LogP contribution < -0.4 is 5.32 Å². The molecule has 2 aromatic heterocycles. The molecule has 0 saturated heterocycles. The maximum Gasteiger partial charge on any atom is 0.0766 e. The zero-order chi connectivity index (χ0) is 13.1. The van der Waals surface area contributed by atoms with Crippen molar-refractivity contribution in [2.75, 3.05) is 0 Å². The van der Waals surface area contributed by atoms with E-state index in [-0.39, 0.29) is 0 Å². The molecule has 0 aromatic carbocycles. The van der Waals surface area contributed by atoms with Gasteiger partial charge in [-0.3, -0.25) is 0 Å². The van der Waals surface area contributed by atoms with Gasteiger partial charge in [-0.1, -0.05) is 31.9 Å². The maximum atomic E-state index is 3.90. The smallest absolute Gasteiger partial charge is 0.0766 e. The van der Waals surface area contributed by atoms with Gasteiger partial charge in [-0.2, -0.15) is 0 Å². The standard InChI is InChI=1S/C16H21NS2/c1-2-13(11-12-7-8-12)17-16(14-5-3-9-18-14)15-6-4-10-19-15/h3-6,9-10,12-13,16-17H,2,7-8,11H2,1H3. The normalized spacial score (nSPS) is 16.9. The lowest BCUT2D eigenvalue weighted by Crippen LogP contribution is -2.32. The van der Waals surface area contributed by atoms with Gasteiger partial charge in [0, 0.05) is 15.8 Å². The van der Waals surface area contributed by atoms with Crippen LogP contribution >= 0.6 is 22.7 Å². The van der Waals surface area contributed by atoms with Gasteiger partial charge < -0.3 is 5.32 Å². The predicted octanol–water partition coefficient (Wildman–Crippen LogP) is 5.07. The van der Waals surface area contributed by atoms with Crippen LogP contribution in [0.5, 0.6) is 0 Å². The van der Waals surface area contributed by atoms with E-state index >= 15 is 0 Å². The second-order valence-corrected chi connectivity index (χ2v) is 7.37. The van der Waals surface area contributed by atoms with Gasteiger partial charge in [0.25, 0.3) is 0 Å². The van der Waals surface area contributed by atoms with Crippen LogP contribution in [-0.2, 0) is 0 Å². The first-order valence-electron chi connectivity index (χ1n) is 7.19. The highest BCUT2D eigenvalue weighted by molar-refractivity contribution is 7.11. The van der Waals surface area contributed by atoms with Gasteiger partial charge in [-0.15, -0.1) is 22.7 Å². The van der Waals surface area contributed by atoms with E-state index in [1.165, 1.54) is 35.4 Å². The first-order chi connectivity index (χ1) is 9.36. The number of thiophene rings is 2. The third-order valence-corrected chi connectivity index (χ3v) is 5.74. The zero-order valence-corrected chi connectivity index (χ0v) is 13.0. The van der Waals surface area contributed by atoms with Gasteiger partial charge >= 0.3 is 0 Å². The monoisotopic (exact) mass is 291 g/mol. The van der Waals surface area contributed by atoms with E-state index < -0.39 is 0 Å². The van der Waals surface area contributed by atoms with E-state index in [4.69, 9.17) is 0 Å². The molecule has 1 unspecified atom stereocenters. The van der Waals surface area contributed by atoms with Crippen molar-refractivity contribution in [3.05, 3.63) is 44.8 Å². The minimum absolute atomic E-state index is 0.392. The van der Waals surface area contributed by atoms with E-state index in [2.05, 4.69) is 47.3 Å². The highest BCUT2D eigenvalue weighted by Crippen LogP contribution is 2.36. The van der Waals surface area contributed by atoms with E-state index in [1.54, 1.807) is 0 Å². The number of rotatable bonds is 7. The molecule has 1 saturated carbocycles. The zero-order valence-electron chi connectivity index (χ0n) is 11.3. The van der Waals surface area contributed by atoms with Crippen LogP contribution in [0.3, 0.4) is 0 Å². The molecule has 0 aliphatic heterocycles. The van der Waals surface area contributed by atoms with Crippen LogP contribution in [0.25, 0.3) is 0 Å². The van der Waals surface area contributed by atoms with E-state index in [1.807, 2.05) is 22.7 Å². The van der Waals surface area contributed by atoms with E-state index in [0.717, 1.165) is 5.92 Å². The van der Waals surface area contributed by atoms with Crippen molar-refractivity contribution in [2.24, 2.45) is 5.92 Å². The van der Waals surface area contributed by atoms with Gasteiger partial charge in [0.1, 0.15) is 0 Å². The lowest BCUT2D eigenvalue weighted by atomic mass is 10.1. The number of hydrogen-bond donors (Lipinski definition) is 1. The lowest BCUT2D eigenvalue weighted by Gasteiger charge is -2.24. The summed E-state index contributed by atoms with van der Waals surface area (Å²) in [5, 5.41) is 8.26. The summed E-state index contributed by atoms with van der Waals surface area (Å²) in [6.07, 6.45) is 5.47. The fraction of sp³-hybridized carbons (Fsp3) is 0.500. The van der Waals surface area contributed by atoms with E-state index in [9.17, 15) is 0 Å². The molecule has 1 N–H and O–H groups in total. The molecular formula is C16H21NS2. The number of nitrogens with one attached hydrogen (secondary N) is 1. The lowest BCUT2D eigenvalue weighted by molar-refractivity contribution is 0.421. The average Bonchev–Trinajstić information content (AvgIpc) is 2.92. The summed E-state index contributed by atoms with van der Waals surface area (Å²) in [6.45, 7) is 2.31. The molecule has 102 valence electrons. The summed E-state index contributed by atoms with van der Waals surface area (Å²) >= 11 is 3.72. The Hall–Kier alpha value is -0.640. The Kier molecular flexibility index (Phi) is 4.36. The van der Waals surface area contributed by atoms with Crippen molar-refractivity contribution in [3.8, 4) is 0 Å².